The van der Waals surface area contributed by atoms with Gasteiger partial charge in [0.1, 0.15) is 5.75 Å². The van der Waals surface area contributed by atoms with Gasteiger partial charge in [0, 0.05) is 12.6 Å². The summed E-state index contributed by atoms with van der Waals surface area (Å²) in [5.74, 6) is 1.62. The summed E-state index contributed by atoms with van der Waals surface area (Å²) in [6.45, 7) is 9.44. The molecule has 0 spiro atoms. The maximum atomic E-state index is 5.20. The number of rotatable bonds is 7. The summed E-state index contributed by atoms with van der Waals surface area (Å²) in [5.41, 5.74) is 1.32. The Labute approximate surface area is 123 Å². The zero-order valence-electron chi connectivity index (χ0n) is 13.1. The number of hydrogen-bond donors (Lipinski definition) is 1. The van der Waals surface area contributed by atoms with Crippen LogP contribution in [0.1, 0.15) is 38.3 Å². The second-order valence-electron chi connectivity index (χ2n) is 6.02. The summed E-state index contributed by atoms with van der Waals surface area (Å²) in [6, 6.07) is 8.73. The Balaban J connectivity index is 1.74. The lowest BCUT2D eigenvalue weighted by Crippen LogP contribution is -2.32. The standard InChI is InChI=1S/C17H28N2O/c1-14(13-19-10-4-5-11-19)12-18-15(2)16-6-8-17(20-3)9-7-16/h6-9,14-15,18H,4-5,10-13H2,1-3H3. The molecular weight excluding hydrogens is 248 g/mol. The number of benzene rings is 1. The molecule has 1 aliphatic rings. The van der Waals surface area contributed by atoms with Gasteiger partial charge in [0.25, 0.3) is 0 Å². The van der Waals surface area contributed by atoms with Crippen LogP contribution in [0.4, 0.5) is 0 Å². The van der Waals surface area contributed by atoms with Crippen LogP contribution >= 0.6 is 0 Å². The molecule has 2 unspecified atom stereocenters. The molecule has 1 saturated heterocycles. The number of likely N-dealkylation sites (tertiary alicyclic amines) is 1. The zero-order chi connectivity index (χ0) is 14.4. The van der Waals surface area contributed by atoms with Crippen LogP contribution in [0.3, 0.4) is 0 Å². The Bertz CT molecular complexity index is 384. The van der Waals surface area contributed by atoms with Crippen LogP contribution in [0.2, 0.25) is 0 Å². The highest BCUT2D eigenvalue weighted by molar-refractivity contribution is 5.28. The molecule has 3 nitrogen and oxygen atoms in total. The van der Waals surface area contributed by atoms with E-state index in [0.717, 1.165) is 12.3 Å². The Kier molecular flexibility index (Phi) is 5.86. The predicted molar refractivity (Wildman–Crippen MR) is 84.2 cm³/mol. The molecule has 0 amide bonds. The molecule has 0 bridgehead atoms. The van der Waals surface area contributed by atoms with Crippen molar-refractivity contribution in [1.82, 2.24) is 10.2 Å². The van der Waals surface area contributed by atoms with Gasteiger partial charge in [0.2, 0.25) is 0 Å². The van der Waals surface area contributed by atoms with Crippen molar-refractivity contribution in [3.05, 3.63) is 29.8 Å². The topological polar surface area (TPSA) is 24.5 Å². The van der Waals surface area contributed by atoms with Gasteiger partial charge >= 0.3 is 0 Å². The third kappa shape index (κ3) is 4.50. The maximum absolute atomic E-state index is 5.20. The molecule has 1 aromatic rings. The van der Waals surface area contributed by atoms with E-state index in [-0.39, 0.29) is 0 Å². The molecule has 20 heavy (non-hydrogen) atoms. The van der Waals surface area contributed by atoms with Crippen molar-refractivity contribution in [2.24, 2.45) is 5.92 Å². The number of hydrogen-bond acceptors (Lipinski definition) is 3. The second kappa shape index (κ2) is 7.65. The molecule has 0 aliphatic carbocycles. The smallest absolute Gasteiger partial charge is 0.118 e. The summed E-state index contributed by atoms with van der Waals surface area (Å²) in [6.07, 6.45) is 2.75. The monoisotopic (exact) mass is 276 g/mol. The molecule has 3 heteroatoms. The van der Waals surface area contributed by atoms with Gasteiger partial charge in [-0.2, -0.15) is 0 Å². The lowest BCUT2D eigenvalue weighted by atomic mass is 10.1. The average Bonchev–Trinajstić information content (AvgIpc) is 2.97. The number of nitrogens with zero attached hydrogens (tertiary/aromatic N) is 1. The summed E-state index contributed by atoms with van der Waals surface area (Å²) in [7, 11) is 1.71. The van der Waals surface area contributed by atoms with Crippen molar-refractivity contribution >= 4 is 0 Å². The van der Waals surface area contributed by atoms with Gasteiger partial charge in [0.05, 0.1) is 7.11 Å². The largest absolute Gasteiger partial charge is 0.497 e. The first-order valence-corrected chi connectivity index (χ1v) is 7.78. The Morgan fingerprint density at radius 3 is 2.40 bits per heavy atom. The summed E-state index contributed by atoms with van der Waals surface area (Å²) < 4.78 is 5.20. The molecule has 112 valence electrons. The van der Waals surface area contributed by atoms with Crippen LogP contribution in [-0.4, -0.2) is 38.2 Å². The molecule has 1 N–H and O–H groups in total. The molecule has 2 rings (SSSR count). The molecule has 1 fully saturated rings. The molecule has 1 aliphatic heterocycles. The van der Waals surface area contributed by atoms with E-state index in [2.05, 4.69) is 36.2 Å². The average molecular weight is 276 g/mol. The van der Waals surface area contributed by atoms with Gasteiger partial charge in [-0.25, -0.2) is 0 Å². The minimum absolute atomic E-state index is 0.391. The van der Waals surface area contributed by atoms with Crippen molar-refractivity contribution in [3.63, 3.8) is 0 Å². The van der Waals surface area contributed by atoms with E-state index >= 15 is 0 Å². The van der Waals surface area contributed by atoms with Crippen LogP contribution in [-0.2, 0) is 0 Å². The third-order valence-corrected chi connectivity index (χ3v) is 4.16. The first kappa shape index (κ1) is 15.3. The Hall–Kier alpha value is -1.06. The highest BCUT2D eigenvalue weighted by Gasteiger charge is 2.15. The van der Waals surface area contributed by atoms with Crippen molar-refractivity contribution in [2.75, 3.05) is 33.3 Å². The normalized spacial score (nSPS) is 18.9. The van der Waals surface area contributed by atoms with E-state index in [1.807, 2.05) is 12.1 Å². The molecule has 0 radical (unpaired) electrons. The fourth-order valence-electron chi connectivity index (χ4n) is 2.86. The SMILES string of the molecule is COc1ccc(C(C)NCC(C)CN2CCCC2)cc1. The van der Waals surface area contributed by atoms with E-state index in [0.29, 0.717) is 12.0 Å². The Morgan fingerprint density at radius 1 is 1.15 bits per heavy atom. The molecule has 1 heterocycles. The first-order chi connectivity index (χ1) is 9.69. The number of ether oxygens (including phenoxy) is 1. The fourth-order valence-corrected chi connectivity index (χ4v) is 2.86. The quantitative estimate of drug-likeness (QED) is 0.828. The predicted octanol–water partition coefficient (Wildman–Crippen LogP) is 3.08. The zero-order valence-corrected chi connectivity index (χ0v) is 13.1. The number of methoxy groups -OCH3 is 1. The highest BCUT2D eigenvalue weighted by atomic mass is 16.5. The molecule has 1 aromatic carbocycles. The Morgan fingerprint density at radius 2 is 1.80 bits per heavy atom. The highest BCUT2D eigenvalue weighted by Crippen LogP contribution is 2.17. The maximum Gasteiger partial charge on any atom is 0.118 e. The lowest BCUT2D eigenvalue weighted by Gasteiger charge is -2.22. The van der Waals surface area contributed by atoms with Gasteiger partial charge in [-0.1, -0.05) is 19.1 Å². The van der Waals surface area contributed by atoms with Crippen LogP contribution in [0.5, 0.6) is 5.75 Å². The van der Waals surface area contributed by atoms with Gasteiger partial charge in [-0.05, 0) is 63.0 Å². The van der Waals surface area contributed by atoms with E-state index in [4.69, 9.17) is 4.74 Å². The lowest BCUT2D eigenvalue weighted by molar-refractivity contribution is 0.279. The van der Waals surface area contributed by atoms with Crippen LogP contribution < -0.4 is 10.1 Å². The van der Waals surface area contributed by atoms with Crippen LogP contribution in [0.15, 0.2) is 24.3 Å². The van der Waals surface area contributed by atoms with Gasteiger partial charge in [-0.15, -0.1) is 0 Å². The molecule has 0 saturated carbocycles. The van der Waals surface area contributed by atoms with E-state index in [1.165, 1.54) is 38.0 Å². The van der Waals surface area contributed by atoms with Crippen molar-refractivity contribution in [2.45, 2.75) is 32.7 Å². The summed E-state index contributed by atoms with van der Waals surface area (Å²) in [4.78, 5) is 2.59. The van der Waals surface area contributed by atoms with Crippen LogP contribution in [0, 0.1) is 5.92 Å². The molecular formula is C17H28N2O. The van der Waals surface area contributed by atoms with E-state index in [1.54, 1.807) is 7.11 Å². The van der Waals surface area contributed by atoms with Crippen molar-refractivity contribution in [1.29, 1.82) is 0 Å². The number of nitrogens with one attached hydrogen (secondary N) is 1. The minimum Gasteiger partial charge on any atom is -0.497 e. The van der Waals surface area contributed by atoms with E-state index < -0.39 is 0 Å². The van der Waals surface area contributed by atoms with Crippen LogP contribution in [0.25, 0.3) is 0 Å². The summed E-state index contributed by atoms with van der Waals surface area (Å²) >= 11 is 0. The minimum atomic E-state index is 0.391. The van der Waals surface area contributed by atoms with Crippen molar-refractivity contribution < 1.29 is 4.74 Å². The molecule has 2 atom stereocenters. The third-order valence-electron chi connectivity index (χ3n) is 4.16. The second-order valence-corrected chi connectivity index (χ2v) is 6.02. The van der Waals surface area contributed by atoms with Gasteiger partial charge in [-0.3, -0.25) is 0 Å². The van der Waals surface area contributed by atoms with Crippen molar-refractivity contribution in [3.8, 4) is 5.75 Å². The molecule has 0 aromatic heterocycles. The summed E-state index contributed by atoms with van der Waals surface area (Å²) in [5, 5.41) is 3.64. The first-order valence-electron chi connectivity index (χ1n) is 7.78. The fraction of sp³-hybridized carbons (Fsp3) is 0.647. The van der Waals surface area contributed by atoms with Gasteiger partial charge in [0.15, 0.2) is 0 Å². The van der Waals surface area contributed by atoms with E-state index in [9.17, 15) is 0 Å². The van der Waals surface area contributed by atoms with Gasteiger partial charge < -0.3 is 15.0 Å².